The third-order valence-electron chi connectivity index (χ3n) is 2.86. The topological polar surface area (TPSA) is 58.9 Å². The molecule has 0 heterocycles. The van der Waals surface area contributed by atoms with Crippen molar-refractivity contribution in [1.82, 2.24) is 0 Å². The molecule has 1 atom stereocenters. The normalized spacial score (nSPS) is 15.1. The molecule has 0 fully saturated rings. The van der Waals surface area contributed by atoms with Crippen LogP contribution in [-0.4, -0.2) is 11.6 Å². The maximum atomic E-state index is 10.7. The van der Waals surface area contributed by atoms with Crippen LogP contribution in [0.25, 0.3) is 0 Å². The van der Waals surface area contributed by atoms with Crippen molar-refractivity contribution in [2.24, 2.45) is 15.8 Å². The summed E-state index contributed by atoms with van der Waals surface area (Å²) in [7, 11) is 0. The molecule has 0 saturated carbocycles. The van der Waals surface area contributed by atoms with Crippen molar-refractivity contribution in [1.29, 1.82) is 0 Å². The Kier molecular flexibility index (Phi) is 5.48. The van der Waals surface area contributed by atoms with E-state index in [2.05, 4.69) is 30.3 Å². The fraction of sp³-hybridized carbons (Fsp3) is 0.833. The number of allylic oxidation sites excluding steroid dienone is 2. The zero-order valence-electron chi connectivity index (χ0n) is 10.9. The van der Waals surface area contributed by atoms with Gasteiger partial charge in [-0.1, -0.05) is 36.4 Å². The molecule has 0 spiro atoms. The van der Waals surface area contributed by atoms with E-state index in [4.69, 9.17) is 0 Å². The van der Waals surface area contributed by atoms with E-state index in [-0.39, 0.29) is 5.41 Å². The lowest BCUT2D eigenvalue weighted by Gasteiger charge is -2.26. The zero-order chi connectivity index (χ0) is 12.8. The summed E-state index contributed by atoms with van der Waals surface area (Å²) in [6.45, 7) is 9.45. The number of hydrogen-bond donors (Lipinski definition) is 0. The molecule has 0 radical (unpaired) electrons. The van der Waals surface area contributed by atoms with Gasteiger partial charge in [0.05, 0.1) is 0 Å². The number of nitroso groups, excluding NO2 is 2. The van der Waals surface area contributed by atoms with Crippen LogP contribution in [0, 0.1) is 15.2 Å². The molecule has 0 aromatic rings. The second-order valence-corrected chi connectivity index (χ2v) is 5.39. The Morgan fingerprint density at radius 3 is 2.12 bits per heavy atom. The van der Waals surface area contributed by atoms with Crippen LogP contribution in [0.3, 0.4) is 0 Å². The van der Waals surface area contributed by atoms with E-state index in [1.165, 1.54) is 0 Å². The van der Waals surface area contributed by atoms with Crippen LogP contribution in [0.4, 0.5) is 0 Å². The third kappa shape index (κ3) is 4.64. The first-order valence-corrected chi connectivity index (χ1v) is 5.60. The smallest absolute Gasteiger partial charge is 0.123 e. The molecule has 0 N–H and O–H groups in total. The van der Waals surface area contributed by atoms with Crippen molar-refractivity contribution in [2.45, 2.75) is 59.0 Å². The predicted octanol–water partition coefficient (Wildman–Crippen LogP) is 4.05. The lowest BCUT2D eigenvalue weighted by molar-refractivity contribution is 0.330. The molecule has 0 aliphatic carbocycles. The van der Waals surface area contributed by atoms with Crippen LogP contribution in [0.5, 0.6) is 0 Å². The zero-order valence-corrected chi connectivity index (χ0v) is 10.9. The first-order chi connectivity index (χ1) is 7.29. The monoisotopic (exact) mass is 226 g/mol. The first kappa shape index (κ1) is 14.9. The minimum absolute atomic E-state index is 0.0245. The average molecular weight is 226 g/mol. The Morgan fingerprint density at radius 2 is 1.75 bits per heavy atom. The standard InChI is InChI=1S/C12H22N2O2/c1-6-8-11(2,3)9-7-10(13-15)12(4,5)14-16/h6,8,10H,7,9H2,1-5H3/b8-6-. The Bertz CT molecular complexity index is 270. The van der Waals surface area contributed by atoms with E-state index in [0.29, 0.717) is 6.42 Å². The maximum Gasteiger partial charge on any atom is 0.123 e. The molecule has 16 heavy (non-hydrogen) atoms. The van der Waals surface area contributed by atoms with Crippen LogP contribution in [-0.2, 0) is 0 Å². The molecule has 0 rings (SSSR count). The maximum absolute atomic E-state index is 10.7. The molecular formula is C12H22N2O2. The van der Waals surface area contributed by atoms with Gasteiger partial charge >= 0.3 is 0 Å². The van der Waals surface area contributed by atoms with Gasteiger partial charge in [-0.3, -0.25) is 0 Å². The molecular weight excluding hydrogens is 204 g/mol. The van der Waals surface area contributed by atoms with Gasteiger partial charge in [-0.05, 0) is 39.0 Å². The van der Waals surface area contributed by atoms with E-state index < -0.39 is 11.6 Å². The Labute approximate surface area is 97.5 Å². The lowest BCUT2D eigenvalue weighted by Crippen LogP contribution is -2.33. The van der Waals surface area contributed by atoms with Crippen LogP contribution < -0.4 is 0 Å². The van der Waals surface area contributed by atoms with Crippen LogP contribution in [0.15, 0.2) is 22.5 Å². The fourth-order valence-electron chi connectivity index (χ4n) is 1.64. The highest BCUT2D eigenvalue weighted by Crippen LogP contribution is 2.29. The molecule has 0 aromatic heterocycles. The van der Waals surface area contributed by atoms with Crippen molar-refractivity contribution in [3.8, 4) is 0 Å². The molecule has 0 aliphatic rings. The van der Waals surface area contributed by atoms with E-state index in [9.17, 15) is 9.81 Å². The van der Waals surface area contributed by atoms with Gasteiger partial charge in [0.15, 0.2) is 0 Å². The summed E-state index contributed by atoms with van der Waals surface area (Å²) in [6.07, 6.45) is 5.48. The summed E-state index contributed by atoms with van der Waals surface area (Å²) in [5.74, 6) is 0. The number of nitrogens with zero attached hydrogens (tertiary/aromatic N) is 2. The quantitative estimate of drug-likeness (QED) is 0.485. The van der Waals surface area contributed by atoms with Gasteiger partial charge in [0.25, 0.3) is 0 Å². The highest BCUT2D eigenvalue weighted by molar-refractivity contribution is 4.96. The summed E-state index contributed by atoms with van der Waals surface area (Å²) in [6, 6.07) is -0.547. The summed E-state index contributed by atoms with van der Waals surface area (Å²) in [4.78, 5) is 21.3. The third-order valence-corrected chi connectivity index (χ3v) is 2.86. The molecule has 0 aliphatic heterocycles. The van der Waals surface area contributed by atoms with Crippen molar-refractivity contribution < 1.29 is 0 Å². The largest absolute Gasteiger partial charge is 0.150 e. The highest BCUT2D eigenvalue weighted by Gasteiger charge is 2.33. The Balaban J connectivity index is 4.48. The van der Waals surface area contributed by atoms with E-state index in [1.54, 1.807) is 13.8 Å². The van der Waals surface area contributed by atoms with Crippen LogP contribution in [0.2, 0.25) is 0 Å². The summed E-state index contributed by atoms with van der Waals surface area (Å²) in [5.41, 5.74) is -0.885. The lowest BCUT2D eigenvalue weighted by atomic mass is 9.82. The van der Waals surface area contributed by atoms with Crippen molar-refractivity contribution in [3.05, 3.63) is 22.0 Å². The van der Waals surface area contributed by atoms with Crippen LogP contribution in [0.1, 0.15) is 47.5 Å². The molecule has 4 heteroatoms. The highest BCUT2D eigenvalue weighted by atomic mass is 16.3. The Hall–Kier alpha value is -1.06. The summed E-state index contributed by atoms with van der Waals surface area (Å²) >= 11 is 0. The number of rotatable bonds is 7. The van der Waals surface area contributed by atoms with E-state index in [0.717, 1.165) is 6.42 Å². The summed E-state index contributed by atoms with van der Waals surface area (Å²) < 4.78 is 0. The fourth-order valence-corrected chi connectivity index (χ4v) is 1.64. The molecule has 0 bridgehead atoms. The van der Waals surface area contributed by atoms with Crippen molar-refractivity contribution in [3.63, 3.8) is 0 Å². The SMILES string of the molecule is C/C=C\C(C)(C)CCC(N=O)C(C)(C)N=O. The molecule has 92 valence electrons. The molecule has 0 saturated heterocycles. The molecule has 0 amide bonds. The second-order valence-electron chi connectivity index (χ2n) is 5.39. The Morgan fingerprint density at radius 1 is 1.19 bits per heavy atom. The van der Waals surface area contributed by atoms with Gasteiger partial charge in [-0.15, -0.1) is 0 Å². The number of hydrogen-bond acceptors (Lipinski definition) is 4. The first-order valence-electron chi connectivity index (χ1n) is 5.60. The van der Waals surface area contributed by atoms with E-state index >= 15 is 0 Å². The minimum Gasteiger partial charge on any atom is -0.150 e. The molecule has 4 nitrogen and oxygen atoms in total. The summed E-state index contributed by atoms with van der Waals surface area (Å²) in [5, 5.41) is 6.00. The van der Waals surface area contributed by atoms with Gasteiger partial charge in [-0.25, -0.2) is 0 Å². The minimum atomic E-state index is -0.909. The molecule has 1 unspecified atom stereocenters. The van der Waals surface area contributed by atoms with Gasteiger partial charge in [0, 0.05) is 0 Å². The van der Waals surface area contributed by atoms with Crippen molar-refractivity contribution in [2.75, 3.05) is 0 Å². The van der Waals surface area contributed by atoms with Crippen molar-refractivity contribution >= 4 is 0 Å². The van der Waals surface area contributed by atoms with Gasteiger partial charge < -0.3 is 0 Å². The predicted molar refractivity (Wildman–Crippen MR) is 67.3 cm³/mol. The second kappa shape index (κ2) is 5.87. The van der Waals surface area contributed by atoms with E-state index in [1.807, 2.05) is 13.0 Å². The van der Waals surface area contributed by atoms with Gasteiger partial charge in [0.1, 0.15) is 11.6 Å². The van der Waals surface area contributed by atoms with Crippen LogP contribution >= 0.6 is 0 Å². The average Bonchev–Trinajstić information content (AvgIpc) is 2.18. The van der Waals surface area contributed by atoms with Gasteiger partial charge in [0.2, 0.25) is 0 Å². The molecule has 0 aromatic carbocycles. The van der Waals surface area contributed by atoms with Gasteiger partial charge in [-0.2, -0.15) is 9.81 Å².